The lowest BCUT2D eigenvalue weighted by molar-refractivity contribution is -0.117. The summed E-state index contributed by atoms with van der Waals surface area (Å²) >= 11 is 0. The van der Waals surface area contributed by atoms with Crippen molar-refractivity contribution in [2.75, 3.05) is 38.0 Å². The summed E-state index contributed by atoms with van der Waals surface area (Å²) in [5, 5.41) is 3.15. The third-order valence-electron chi connectivity index (χ3n) is 5.51. The highest BCUT2D eigenvalue weighted by Crippen LogP contribution is 2.29. The van der Waals surface area contributed by atoms with Gasteiger partial charge in [-0.25, -0.2) is 0 Å². The van der Waals surface area contributed by atoms with Gasteiger partial charge in [-0.2, -0.15) is 0 Å². The molecule has 138 valence electrons. The van der Waals surface area contributed by atoms with E-state index in [0.717, 1.165) is 18.8 Å². The molecule has 2 aliphatic rings. The molecule has 0 aromatic heterocycles. The van der Waals surface area contributed by atoms with Crippen LogP contribution in [0.2, 0.25) is 0 Å². The third kappa shape index (κ3) is 4.83. The number of hydrogen-bond acceptors (Lipinski definition) is 3. The van der Waals surface area contributed by atoms with Gasteiger partial charge >= 0.3 is 0 Å². The summed E-state index contributed by atoms with van der Waals surface area (Å²) in [7, 11) is 0. The van der Waals surface area contributed by atoms with E-state index in [1.54, 1.807) is 0 Å². The van der Waals surface area contributed by atoms with E-state index in [4.69, 9.17) is 0 Å². The SMILES string of the molecule is CC(C)(C)c1ccccc1NC(=O)CN1CCC[C@H](N2CCCC2)C1. The number of nitrogens with one attached hydrogen (secondary N) is 1. The lowest BCUT2D eigenvalue weighted by atomic mass is 9.86. The molecule has 25 heavy (non-hydrogen) atoms. The lowest BCUT2D eigenvalue weighted by Crippen LogP contribution is -2.48. The molecule has 2 fully saturated rings. The van der Waals surface area contributed by atoms with Crippen LogP contribution in [0.25, 0.3) is 0 Å². The number of piperidine rings is 1. The van der Waals surface area contributed by atoms with Crippen molar-refractivity contribution >= 4 is 11.6 Å². The van der Waals surface area contributed by atoms with E-state index in [1.165, 1.54) is 44.3 Å². The number of anilines is 1. The standard InChI is InChI=1S/C21H33N3O/c1-21(2,3)18-10-4-5-11-19(18)22-20(25)16-23-12-8-9-17(15-23)24-13-6-7-14-24/h4-5,10-11,17H,6-9,12-16H2,1-3H3,(H,22,25)/t17-/m0/s1. The van der Waals surface area contributed by atoms with E-state index >= 15 is 0 Å². The molecule has 3 rings (SSSR count). The van der Waals surface area contributed by atoms with Crippen LogP contribution in [0.3, 0.4) is 0 Å². The Bertz CT molecular complexity index is 587. The summed E-state index contributed by atoms with van der Waals surface area (Å²) in [6.45, 7) is 11.6. The number of carbonyl (C=O) groups excluding carboxylic acids is 1. The van der Waals surface area contributed by atoms with Gasteiger partial charge in [0.2, 0.25) is 5.91 Å². The summed E-state index contributed by atoms with van der Waals surface area (Å²) in [6.07, 6.45) is 5.15. The second-order valence-corrected chi connectivity index (χ2v) is 8.62. The minimum absolute atomic E-state index is 0.0237. The Morgan fingerprint density at radius 3 is 2.56 bits per heavy atom. The first-order chi connectivity index (χ1) is 11.9. The molecule has 0 radical (unpaired) electrons. The molecule has 2 aliphatic heterocycles. The molecular weight excluding hydrogens is 310 g/mol. The van der Waals surface area contributed by atoms with Gasteiger partial charge in [0.05, 0.1) is 6.54 Å². The fourth-order valence-corrected chi connectivity index (χ4v) is 4.22. The maximum atomic E-state index is 12.6. The molecule has 1 aromatic rings. The van der Waals surface area contributed by atoms with E-state index in [0.29, 0.717) is 12.6 Å². The van der Waals surface area contributed by atoms with Crippen LogP contribution in [-0.4, -0.2) is 54.5 Å². The van der Waals surface area contributed by atoms with Crippen molar-refractivity contribution in [1.29, 1.82) is 0 Å². The topological polar surface area (TPSA) is 35.6 Å². The molecule has 2 saturated heterocycles. The van der Waals surface area contributed by atoms with Crippen molar-refractivity contribution < 1.29 is 4.79 Å². The average Bonchev–Trinajstić information content (AvgIpc) is 3.09. The molecule has 1 aromatic carbocycles. The Morgan fingerprint density at radius 1 is 1.12 bits per heavy atom. The first-order valence-electron chi connectivity index (χ1n) is 9.79. The van der Waals surface area contributed by atoms with E-state index < -0.39 is 0 Å². The average molecular weight is 344 g/mol. The first kappa shape index (κ1) is 18.4. The summed E-state index contributed by atoms with van der Waals surface area (Å²) in [5.41, 5.74) is 2.17. The zero-order chi connectivity index (χ0) is 17.9. The van der Waals surface area contributed by atoms with Crippen molar-refractivity contribution in [1.82, 2.24) is 9.80 Å². The Balaban J connectivity index is 1.57. The summed E-state index contributed by atoms with van der Waals surface area (Å²) in [6, 6.07) is 8.81. The van der Waals surface area contributed by atoms with Gasteiger partial charge in [-0.05, 0) is 62.4 Å². The molecule has 4 heteroatoms. The minimum Gasteiger partial charge on any atom is -0.325 e. The predicted molar refractivity (Wildman–Crippen MR) is 104 cm³/mol. The fourth-order valence-electron chi connectivity index (χ4n) is 4.22. The Hall–Kier alpha value is -1.39. The van der Waals surface area contributed by atoms with Crippen LogP contribution in [0.5, 0.6) is 0 Å². The highest BCUT2D eigenvalue weighted by molar-refractivity contribution is 5.93. The minimum atomic E-state index is 0.0237. The van der Waals surface area contributed by atoms with Gasteiger partial charge in [0, 0.05) is 18.3 Å². The van der Waals surface area contributed by atoms with Gasteiger partial charge in [-0.15, -0.1) is 0 Å². The molecule has 0 aliphatic carbocycles. The number of amides is 1. The van der Waals surface area contributed by atoms with Crippen LogP contribution < -0.4 is 5.32 Å². The van der Waals surface area contributed by atoms with Crippen LogP contribution in [0.1, 0.15) is 52.0 Å². The van der Waals surface area contributed by atoms with Gasteiger partial charge in [0.15, 0.2) is 0 Å². The smallest absolute Gasteiger partial charge is 0.238 e. The van der Waals surface area contributed by atoms with Gasteiger partial charge in [0.25, 0.3) is 0 Å². The Labute approximate surface area is 152 Å². The van der Waals surface area contributed by atoms with Crippen LogP contribution >= 0.6 is 0 Å². The zero-order valence-electron chi connectivity index (χ0n) is 16.1. The number of benzene rings is 1. The van der Waals surface area contributed by atoms with Crippen LogP contribution in [-0.2, 0) is 10.2 Å². The largest absolute Gasteiger partial charge is 0.325 e. The molecule has 0 saturated carbocycles. The van der Waals surface area contributed by atoms with Crippen LogP contribution in [0.4, 0.5) is 5.69 Å². The van der Waals surface area contributed by atoms with E-state index in [1.807, 2.05) is 18.2 Å². The van der Waals surface area contributed by atoms with Crippen molar-refractivity contribution in [2.24, 2.45) is 0 Å². The second kappa shape index (κ2) is 7.88. The number of hydrogen-bond donors (Lipinski definition) is 1. The summed E-state index contributed by atoms with van der Waals surface area (Å²) in [5.74, 6) is 0.110. The van der Waals surface area contributed by atoms with E-state index in [-0.39, 0.29) is 11.3 Å². The summed E-state index contributed by atoms with van der Waals surface area (Å²) < 4.78 is 0. The molecule has 0 spiro atoms. The van der Waals surface area contributed by atoms with E-state index in [2.05, 4.69) is 42.0 Å². The van der Waals surface area contributed by atoms with E-state index in [9.17, 15) is 4.79 Å². The molecule has 1 amide bonds. The van der Waals surface area contributed by atoms with Crippen molar-refractivity contribution in [2.45, 2.75) is 57.9 Å². The van der Waals surface area contributed by atoms with Gasteiger partial charge in [-0.1, -0.05) is 39.0 Å². The van der Waals surface area contributed by atoms with Gasteiger partial charge in [-0.3, -0.25) is 14.6 Å². The highest BCUT2D eigenvalue weighted by atomic mass is 16.2. The molecule has 1 atom stereocenters. The second-order valence-electron chi connectivity index (χ2n) is 8.62. The van der Waals surface area contributed by atoms with Crippen molar-refractivity contribution in [3.63, 3.8) is 0 Å². The summed E-state index contributed by atoms with van der Waals surface area (Å²) in [4.78, 5) is 17.6. The lowest BCUT2D eigenvalue weighted by Gasteiger charge is -2.37. The quantitative estimate of drug-likeness (QED) is 0.909. The predicted octanol–water partition coefficient (Wildman–Crippen LogP) is 3.48. The monoisotopic (exact) mass is 343 g/mol. The van der Waals surface area contributed by atoms with Crippen molar-refractivity contribution in [3.8, 4) is 0 Å². The number of carbonyl (C=O) groups is 1. The maximum absolute atomic E-state index is 12.6. The maximum Gasteiger partial charge on any atom is 0.238 e. The number of rotatable bonds is 4. The molecule has 0 unspecified atom stereocenters. The molecule has 0 bridgehead atoms. The fraction of sp³-hybridized carbons (Fsp3) is 0.667. The molecular formula is C21H33N3O. The first-order valence-corrected chi connectivity index (χ1v) is 9.79. The van der Waals surface area contributed by atoms with Gasteiger partial charge < -0.3 is 5.32 Å². The molecule has 4 nitrogen and oxygen atoms in total. The van der Waals surface area contributed by atoms with Gasteiger partial charge in [0.1, 0.15) is 0 Å². The number of nitrogens with zero attached hydrogens (tertiary/aromatic N) is 2. The molecule has 1 N–H and O–H groups in total. The normalized spacial score (nSPS) is 22.9. The van der Waals surface area contributed by atoms with Crippen LogP contribution in [0, 0.1) is 0 Å². The number of likely N-dealkylation sites (tertiary alicyclic amines) is 2. The number of para-hydroxylation sites is 1. The van der Waals surface area contributed by atoms with Crippen molar-refractivity contribution in [3.05, 3.63) is 29.8 Å². The third-order valence-corrected chi connectivity index (χ3v) is 5.51. The molecule has 2 heterocycles. The zero-order valence-corrected chi connectivity index (χ0v) is 16.1. The Kier molecular flexibility index (Phi) is 5.80. The Morgan fingerprint density at radius 2 is 1.84 bits per heavy atom. The highest BCUT2D eigenvalue weighted by Gasteiger charge is 2.28. The van der Waals surface area contributed by atoms with Crippen LogP contribution in [0.15, 0.2) is 24.3 Å².